The Morgan fingerprint density at radius 2 is 2.11 bits per heavy atom. The molecule has 0 bridgehead atoms. The van der Waals surface area contributed by atoms with E-state index in [0.29, 0.717) is 24.5 Å². The number of rotatable bonds is 11. The molecule has 0 radical (unpaired) electrons. The van der Waals surface area contributed by atoms with Gasteiger partial charge in [0.25, 0.3) is 0 Å². The zero-order chi connectivity index (χ0) is 26.4. The van der Waals surface area contributed by atoms with Gasteiger partial charge in [-0.05, 0) is 55.0 Å². The van der Waals surface area contributed by atoms with Gasteiger partial charge in [-0.3, -0.25) is 18.5 Å². The molecule has 13 heteroatoms. The second kappa shape index (κ2) is 11.4. The summed E-state index contributed by atoms with van der Waals surface area (Å²) in [7, 11) is -3.98. The quantitative estimate of drug-likeness (QED) is 0.250. The van der Waals surface area contributed by atoms with Crippen molar-refractivity contribution in [1.82, 2.24) is 19.7 Å². The van der Waals surface area contributed by atoms with Crippen LogP contribution in [0.15, 0.2) is 61.7 Å². The van der Waals surface area contributed by atoms with Crippen LogP contribution < -0.4 is 15.8 Å². The molecule has 1 fully saturated rings. The van der Waals surface area contributed by atoms with Crippen molar-refractivity contribution < 1.29 is 22.2 Å². The third kappa shape index (κ3) is 7.29. The summed E-state index contributed by atoms with van der Waals surface area (Å²) >= 11 is 0. The maximum atomic E-state index is 13.2. The Labute approximate surface area is 214 Å². The number of anilines is 2. The predicted octanol–water partition coefficient (Wildman–Crippen LogP) is 1.88. The number of hydrogen-bond donors (Lipinski definition) is 3. The van der Waals surface area contributed by atoms with Crippen molar-refractivity contribution in [3.63, 3.8) is 0 Å². The standard InChI is InChI=1S/C24H27N7O5S/c1-2-22(32)28-18-5-3-4-16(10-18)13-31-9-8-21(30-31)23(33)20-12-26-15-27-24(20)29-19-7-6-17(11-19)14-36-37(25,34)35/h2-5,8-10,12,15,17,19H,1,6-7,11,13-14H2,(H,28,32)(H2,25,34,35)(H,26,27,29). The van der Waals surface area contributed by atoms with Crippen molar-refractivity contribution in [2.24, 2.45) is 11.1 Å². The second-order valence-electron chi connectivity index (χ2n) is 8.70. The number of nitrogens with two attached hydrogens (primary N) is 1. The zero-order valence-corrected chi connectivity index (χ0v) is 20.7. The summed E-state index contributed by atoms with van der Waals surface area (Å²) in [5.41, 5.74) is 2.04. The molecule has 37 heavy (non-hydrogen) atoms. The van der Waals surface area contributed by atoms with E-state index in [0.717, 1.165) is 18.4 Å². The van der Waals surface area contributed by atoms with E-state index < -0.39 is 10.3 Å². The zero-order valence-electron chi connectivity index (χ0n) is 19.9. The first-order valence-electron chi connectivity index (χ1n) is 11.5. The molecule has 3 aromatic rings. The lowest BCUT2D eigenvalue weighted by Crippen LogP contribution is -2.22. The third-order valence-corrected chi connectivity index (χ3v) is 6.37. The molecule has 194 valence electrons. The van der Waals surface area contributed by atoms with Crippen LogP contribution in [0.25, 0.3) is 0 Å². The minimum atomic E-state index is -3.98. The molecule has 2 atom stereocenters. The molecule has 1 aromatic carbocycles. The molecule has 12 nitrogen and oxygen atoms in total. The Morgan fingerprint density at radius 3 is 2.89 bits per heavy atom. The van der Waals surface area contributed by atoms with E-state index in [9.17, 15) is 18.0 Å². The SMILES string of the molecule is C=CC(=O)Nc1cccc(Cn2ccc(C(=O)c3cncnc3NC3CCC(COS(N)(=O)=O)C3)n2)c1. The van der Waals surface area contributed by atoms with E-state index in [-0.39, 0.29) is 41.5 Å². The van der Waals surface area contributed by atoms with Crippen molar-refractivity contribution in [1.29, 1.82) is 0 Å². The van der Waals surface area contributed by atoms with Gasteiger partial charge in [-0.25, -0.2) is 15.1 Å². The number of aromatic nitrogens is 4. The van der Waals surface area contributed by atoms with Crippen molar-refractivity contribution in [3.8, 4) is 0 Å². The molecule has 2 unspecified atom stereocenters. The van der Waals surface area contributed by atoms with Gasteiger partial charge < -0.3 is 10.6 Å². The summed E-state index contributed by atoms with van der Waals surface area (Å²) in [6.07, 6.45) is 7.86. The van der Waals surface area contributed by atoms with Gasteiger partial charge in [-0.1, -0.05) is 18.7 Å². The van der Waals surface area contributed by atoms with Gasteiger partial charge in [0.2, 0.25) is 11.7 Å². The Bertz CT molecular complexity index is 1410. The van der Waals surface area contributed by atoms with E-state index in [1.807, 2.05) is 18.2 Å². The van der Waals surface area contributed by atoms with Crippen LogP contribution in [0.3, 0.4) is 0 Å². The number of benzene rings is 1. The lowest BCUT2D eigenvalue weighted by Gasteiger charge is -2.15. The molecule has 1 saturated carbocycles. The highest BCUT2D eigenvalue weighted by atomic mass is 32.2. The fraction of sp³-hybridized carbons (Fsp3) is 0.292. The number of carbonyl (C=O) groups is 2. The maximum Gasteiger partial charge on any atom is 0.333 e. The summed E-state index contributed by atoms with van der Waals surface area (Å²) in [5.74, 6) is -0.223. The lowest BCUT2D eigenvalue weighted by atomic mass is 10.1. The molecular weight excluding hydrogens is 498 g/mol. The lowest BCUT2D eigenvalue weighted by molar-refractivity contribution is -0.111. The van der Waals surface area contributed by atoms with E-state index in [4.69, 9.17) is 9.32 Å². The summed E-state index contributed by atoms with van der Waals surface area (Å²) in [6, 6.07) is 8.91. The summed E-state index contributed by atoms with van der Waals surface area (Å²) < 4.78 is 28.4. The van der Waals surface area contributed by atoms with Crippen molar-refractivity contribution in [2.75, 3.05) is 17.2 Å². The first-order chi connectivity index (χ1) is 17.7. The largest absolute Gasteiger partial charge is 0.367 e. The first-order valence-corrected chi connectivity index (χ1v) is 13.0. The van der Waals surface area contributed by atoms with Crippen molar-refractivity contribution in [3.05, 3.63) is 78.5 Å². The van der Waals surface area contributed by atoms with E-state index in [1.165, 1.54) is 18.6 Å². The molecule has 4 N–H and O–H groups in total. The second-order valence-corrected chi connectivity index (χ2v) is 9.93. The minimum absolute atomic E-state index is 0.0121. The van der Waals surface area contributed by atoms with Crippen LogP contribution in [0, 0.1) is 5.92 Å². The summed E-state index contributed by atoms with van der Waals surface area (Å²) in [4.78, 5) is 33.0. The smallest absolute Gasteiger partial charge is 0.333 e. The number of nitrogens with zero attached hydrogens (tertiary/aromatic N) is 4. The van der Waals surface area contributed by atoms with Crippen LogP contribution in [-0.4, -0.2) is 52.5 Å². The van der Waals surface area contributed by atoms with Crippen molar-refractivity contribution in [2.45, 2.75) is 31.8 Å². The Balaban J connectivity index is 1.41. The van der Waals surface area contributed by atoms with Crippen molar-refractivity contribution >= 4 is 33.5 Å². The van der Waals surface area contributed by atoms with Gasteiger partial charge >= 0.3 is 10.3 Å². The fourth-order valence-corrected chi connectivity index (χ4v) is 4.57. The highest BCUT2D eigenvalue weighted by Gasteiger charge is 2.28. The predicted molar refractivity (Wildman–Crippen MR) is 136 cm³/mol. The molecule has 0 saturated heterocycles. The van der Waals surface area contributed by atoms with Crippen LogP contribution in [0.4, 0.5) is 11.5 Å². The van der Waals surface area contributed by atoms with Gasteiger partial charge in [-0.2, -0.15) is 13.5 Å². The number of amides is 1. The fourth-order valence-electron chi connectivity index (χ4n) is 4.19. The van der Waals surface area contributed by atoms with Gasteiger partial charge in [-0.15, -0.1) is 0 Å². The molecule has 4 rings (SSSR count). The topological polar surface area (TPSA) is 171 Å². The number of ketones is 1. The monoisotopic (exact) mass is 525 g/mol. The van der Waals surface area contributed by atoms with Crippen LogP contribution in [0.1, 0.15) is 40.9 Å². The molecule has 0 aliphatic heterocycles. The van der Waals surface area contributed by atoms with Gasteiger partial charge in [0.1, 0.15) is 17.8 Å². The molecule has 1 aliphatic rings. The third-order valence-electron chi connectivity index (χ3n) is 5.90. The molecule has 0 spiro atoms. The maximum absolute atomic E-state index is 13.2. The summed E-state index contributed by atoms with van der Waals surface area (Å²) in [5, 5.41) is 15.3. The average molecular weight is 526 g/mol. The molecule has 1 amide bonds. The first kappa shape index (κ1) is 26.1. The number of carbonyl (C=O) groups excluding carboxylic acids is 2. The van der Waals surface area contributed by atoms with E-state index in [1.54, 1.807) is 23.0 Å². The molecule has 1 aliphatic carbocycles. The van der Waals surface area contributed by atoms with Crippen LogP contribution >= 0.6 is 0 Å². The molecule has 2 aromatic heterocycles. The van der Waals surface area contributed by atoms with Gasteiger partial charge in [0.05, 0.1) is 18.7 Å². The number of hydrogen-bond acceptors (Lipinski definition) is 9. The highest BCUT2D eigenvalue weighted by molar-refractivity contribution is 7.84. The Kier molecular flexibility index (Phi) is 8.06. The van der Waals surface area contributed by atoms with Crippen LogP contribution in [0.5, 0.6) is 0 Å². The Hall–Kier alpha value is -3.94. The number of nitrogens with one attached hydrogen (secondary N) is 2. The molecular formula is C24H27N7O5S. The average Bonchev–Trinajstić information content (AvgIpc) is 3.52. The van der Waals surface area contributed by atoms with Crippen LogP contribution in [-0.2, 0) is 25.8 Å². The normalized spacial score (nSPS) is 17.3. The van der Waals surface area contributed by atoms with Crippen LogP contribution in [0.2, 0.25) is 0 Å². The van der Waals surface area contributed by atoms with Gasteiger partial charge in [0.15, 0.2) is 0 Å². The summed E-state index contributed by atoms with van der Waals surface area (Å²) in [6.45, 7) is 3.86. The Morgan fingerprint density at radius 1 is 1.27 bits per heavy atom. The minimum Gasteiger partial charge on any atom is -0.367 e. The highest BCUT2D eigenvalue weighted by Crippen LogP contribution is 2.29. The van der Waals surface area contributed by atoms with Gasteiger partial charge in [0, 0.05) is 24.1 Å². The van der Waals surface area contributed by atoms with E-state index >= 15 is 0 Å². The van der Waals surface area contributed by atoms with E-state index in [2.05, 4.69) is 32.3 Å². The molecule has 2 heterocycles.